The van der Waals surface area contributed by atoms with Crippen molar-refractivity contribution in [3.63, 3.8) is 0 Å². The maximum absolute atomic E-state index is 13.2. The maximum atomic E-state index is 13.2. The number of nitrogens with zero attached hydrogens (tertiary/aromatic N) is 1. The van der Waals surface area contributed by atoms with E-state index in [9.17, 15) is 13.6 Å². The second-order valence-electron chi connectivity index (χ2n) is 4.86. The van der Waals surface area contributed by atoms with Gasteiger partial charge in [-0.15, -0.1) is 0 Å². The summed E-state index contributed by atoms with van der Waals surface area (Å²) in [7, 11) is 0. The van der Waals surface area contributed by atoms with Crippen molar-refractivity contribution in [2.24, 2.45) is 5.92 Å². The third-order valence-electron chi connectivity index (χ3n) is 2.60. The van der Waals surface area contributed by atoms with E-state index in [0.717, 1.165) is 18.2 Å². The van der Waals surface area contributed by atoms with Gasteiger partial charge >= 0.3 is 5.97 Å². The van der Waals surface area contributed by atoms with Crippen molar-refractivity contribution >= 4 is 5.97 Å². The minimum absolute atomic E-state index is 0.0695. The molecule has 1 N–H and O–H groups in total. The fourth-order valence-corrected chi connectivity index (χ4v) is 1.84. The first kappa shape index (κ1) is 14.2. The van der Waals surface area contributed by atoms with Gasteiger partial charge < -0.3 is 9.52 Å². The predicted octanol–water partition coefficient (Wildman–Crippen LogP) is 3.52. The van der Waals surface area contributed by atoms with Gasteiger partial charge in [-0.1, -0.05) is 13.8 Å². The lowest BCUT2D eigenvalue weighted by molar-refractivity contribution is 0.0661. The Balaban J connectivity index is 2.49. The summed E-state index contributed by atoms with van der Waals surface area (Å²) in [5.41, 5.74) is 0.340. The molecule has 6 heteroatoms. The molecule has 106 valence electrons. The molecule has 4 nitrogen and oxygen atoms in total. The molecule has 0 aliphatic heterocycles. The Hall–Kier alpha value is -2.24. The van der Waals surface area contributed by atoms with Crippen molar-refractivity contribution in [2.75, 3.05) is 0 Å². The molecule has 2 rings (SSSR count). The van der Waals surface area contributed by atoms with E-state index in [1.54, 1.807) is 0 Å². The zero-order valence-electron chi connectivity index (χ0n) is 11.0. The molecule has 0 radical (unpaired) electrons. The maximum Gasteiger partial charge on any atom is 0.373 e. The van der Waals surface area contributed by atoms with Crippen LogP contribution in [0.25, 0.3) is 11.5 Å². The highest BCUT2D eigenvalue weighted by atomic mass is 19.1. The van der Waals surface area contributed by atoms with Gasteiger partial charge in [0, 0.05) is 11.6 Å². The van der Waals surface area contributed by atoms with Crippen LogP contribution in [0.5, 0.6) is 0 Å². The number of hydrogen-bond acceptors (Lipinski definition) is 3. The van der Waals surface area contributed by atoms with Crippen LogP contribution in [0.2, 0.25) is 0 Å². The molecular weight excluding hydrogens is 268 g/mol. The topological polar surface area (TPSA) is 63.3 Å². The van der Waals surface area contributed by atoms with Crippen molar-refractivity contribution in [2.45, 2.75) is 20.3 Å². The molecule has 0 unspecified atom stereocenters. The second kappa shape index (κ2) is 5.40. The summed E-state index contributed by atoms with van der Waals surface area (Å²) in [5, 5.41) is 9.07. The van der Waals surface area contributed by atoms with Gasteiger partial charge in [0.15, 0.2) is 0 Å². The number of aromatic nitrogens is 1. The van der Waals surface area contributed by atoms with Crippen LogP contribution in [0.3, 0.4) is 0 Å². The Bertz CT molecular complexity index is 630. The van der Waals surface area contributed by atoms with E-state index in [1.165, 1.54) is 0 Å². The van der Waals surface area contributed by atoms with Gasteiger partial charge in [-0.05, 0) is 24.5 Å². The summed E-state index contributed by atoms with van der Waals surface area (Å²) in [6.07, 6.45) is 0.406. The van der Waals surface area contributed by atoms with Gasteiger partial charge in [0.2, 0.25) is 11.7 Å². The Morgan fingerprint density at radius 3 is 2.40 bits per heavy atom. The SMILES string of the molecule is CC(C)Cc1nc(-c2cc(F)cc(F)c2)oc1C(=O)O. The average Bonchev–Trinajstić information content (AvgIpc) is 2.70. The number of carboxylic acid groups (broad SMARTS) is 1. The zero-order chi connectivity index (χ0) is 14.9. The number of halogens is 2. The van der Waals surface area contributed by atoms with E-state index >= 15 is 0 Å². The van der Waals surface area contributed by atoms with Gasteiger partial charge in [-0.2, -0.15) is 0 Å². The Morgan fingerprint density at radius 2 is 1.90 bits per heavy atom. The van der Waals surface area contributed by atoms with Crippen LogP contribution in [-0.4, -0.2) is 16.1 Å². The molecule has 1 aromatic carbocycles. The number of oxazole rings is 1. The van der Waals surface area contributed by atoms with Crippen LogP contribution in [0.4, 0.5) is 8.78 Å². The first-order valence-electron chi connectivity index (χ1n) is 6.06. The number of rotatable bonds is 4. The molecule has 20 heavy (non-hydrogen) atoms. The van der Waals surface area contributed by atoms with E-state index in [2.05, 4.69) is 4.98 Å². The van der Waals surface area contributed by atoms with Crippen molar-refractivity contribution < 1.29 is 23.1 Å². The highest BCUT2D eigenvalue weighted by molar-refractivity contribution is 5.86. The molecule has 0 bridgehead atoms. The number of carbonyl (C=O) groups is 1. The third-order valence-corrected chi connectivity index (χ3v) is 2.60. The molecule has 2 aromatic rings. The Kier molecular flexibility index (Phi) is 3.83. The largest absolute Gasteiger partial charge is 0.475 e. The van der Waals surface area contributed by atoms with Crippen LogP contribution in [0.15, 0.2) is 22.6 Å². The summed E-state index contributed by atoms with van der Waals surface area (Å²) in [5.74, 6) is -3.03. The van der Waals surface area contributed by atoms with Gasteiger partial charge in [0.05, 0.1) is 5.69 Å². The Labute approximate surface area is 114 Å². The molecule has 0 spiro atoms. The van der Waals surface area contributed by atoms with Crippen molar-refractivity contribution in [3.05, 3.63) is 41.3 Å². The fourth-order valence-electron chi connectivity index (χ4n) is 1.84. The van der Waals surface area contributed by atoms with Gasteiger partial charge in [-0.25, -0.2) is 18.6 Å². The van der Waals surface area contributed by atoms with Crippen LogP contribution in [0.1, 0.15) is 30.1 Å². The molecule has 0 aliphatic rings. The standard InChI is InChI=1S/C14H13F2NO3/c1-7(2)3-11-12(14(18)19)20-13(17-11)8-4-9(15)6-10(16)5-8/h4-7H,3H2,1-2H3,(H,18,19). The van der Waals surface area contributed by atoms with Gasteiger partial charge in [0.25, 0.3) is 0 Å². The van der Waals surface area contributed by atoms with Crippen LogP contribution in [-0.2, 0) is 6.42 Å². The summed E-state index contributed by atoms with van der Waals surface area (Å²) < 4.78 is 31.5. The number of aromatic carboxylic acids is 1. The minimum Gasteiger partial charge on any atom is -0.475 e. The van der Waals surface area contributed by atoms with E-state index in [4.69, 9.17) is 9.52 Å². The fraction of sp³-hybridized carbons (Fsp3) is 0.286. The lowest BCUT2D eigenvalue weighted by atomic mass is 10.1. The number of carboxylic acids is 1. The van der Waals surface area contributed by atoms with E-state index in [1.807, 2.05) is 13.8 Å². The quantitative estimate of drug-likeness (QED) is 0.931. The average molecular weight is 281 g/mol. The van der Waals surface area contributed by atoms with E-state index in [0.29, 0.717) is 6.42 Å². The monoisotopic (exact) mass is 281 g/mol. The molecule has 0 atom stereocenters. The molecule has 1 aromatic heterocycles. The highest BCUT2D eigenvalue weighted by Crippen LogP contribution is 2.25. The lowest BCUT2D eigenvalue weighted by Crippen LogP contribution is -2.03. The Morgan fingerprint density at radius 1 is 1.30 bits per heavy atom. The van der Waals surface area contributed by atoms with Crippen LogP contribution in [0, 0.1) is 17.6 Å². The predicted molar refractivity (Wildman–Crippen MR) is 67.4 cm³/mol. The zero-order valence-corrected chi connectivity index (χ0v) is 11.0. The molecule has 0 saturated heterocycles. The highest BCUT2D eigenvalue weighted by Gasteiger charge is 2.21. The van der Waals surface area contributed by atoms with Crippen LogP contribution >= 0.6 is 0 Å². The lowest BCUT2D eigenvalue weighted by Gasteiger charge is -2.00. The first-order chi connectivity index (χ1) is 9.36. The molecule has 0 amide bonds. The molecule has 0 fully saturated rings. The minimum atomic E-state index is -1.25. The van der Waals surface area contributed by atoms with Gasteiger partial charge in [-0.3, -0.25) is 0 Å². The first-order valence-corrected chi connectivity index (χ1v) is 6.06. The second-order valence-corrected chi connectivity index (χ2v) is 4.86. The van der Waals surface area contributed by atoms with Crippen LogP contribution < -0.4 is 0 Å². The van der Waals surface area contributed by atoms with E-state index < -0.39 is 17.6 Å². The van der Waals surface area contributed by atoms with Gasteiger partial charge in [0.1, 0.15) is 11.6 Å². The summed E-state index contributed by atoms with van der Waals surface area (Å²) in [6.45, 7) is 3.81. The smallest absolute Gasteiger partial charge is 0.373 e. The van der Waals surface area contributed by atoms with E-state index in [-0.39, 0.29) is 28.8 Å². The molecule has 1 heterocycles. The molecule has 0 saturated carbocycles. The molecular formula is C14H13F2NO3. The number of benzene rings is 1. The number of hydrogen-bond donors (Lipinski definition) is 1. The summed E-state index contributed by atoms with van der Waals surface area (Å²) >= 11 is 0. The van der Waals surface area contributed by atoms with Crippen molar-refractivity contribution in [3.8, 4) is 11.5 Å². The van der Waals surface area contributed by atoms with Crippen molar-refractivity contribution in [1.82, 2.24) is 4.98 Å². The summed E-state index contributed by atoms with van der Waals surface area (Å²) in [6, 6.07) is 2.80. The normalized spacial score (nSPS) is 11.1. The third kappa shape index (κ3) is 3.01. The summed E-state index contributed by atoms with van der Waals surface area (Å²) in [4.78, 5) is 15.1. The van der Waals surface area contributed by atoms with Crippen molar-refractivity contribution in [1.29, 1.82) is 0 Å². The molecule has 0 aliphatic carbocycles.